The molecule has 1 aliphatic heterocycles. The van der Waals surface area contributed by atoms with Crippen LogP contribution in [0.1, 0.15) is 56.3 Å². The summed E-state index contributed by atoms with van der Waals surface area (Å²) in [6.07, 6.45) is 10.1. The monoisotopic (exact) mass is 480 g/mol. The maximum Gasteiger partial charge on any atom is 0.259 e. The molecule has 8 heteroatoms. The Hall–Kier alpha value is -3.00. The zero-order chi connectivity index (χ0) is 24.9. The Morgan fingerprint density at radius 2 is 1.94 bits per heavy atom. The molecule has 0 aromatic carbocycles. The number of ether oxygens (including phenoxy) is 1. The Bertz CT molecular complexity index is 1030. The van der Waals surface area contributed by atoms with Crippen LogP contribution < -0.4 is 4.74 Å². The van der Waals surface area contributed by atoms with Gasteiger partial charge in [-0.15, -0.1) is 0 Å². The number of hydrogen-bond donors (Lipinski definition) is 1. The number of aliphatic hydroxyl groups excluding tert-OH is 1. The number of likely N-dealkylation sites (N-methyl/N-ethyl adjacent to an activating group) is 1. The summed E-state index contributed by atoms with van der Waals surface area (Å²) >= 11 is 0. The number of fused-ring (bicyclic) bond motifs is 1. The highest BCUT2D eigenvalue weighted by molar-refractivity contribution is 5.98. The lowest BCUT2D eigenvalue weighted by Gasteiger charge is -2.38. The first kappa shape index (κ1) is 25.1. The molecule has 4 rings (SSSR count). The number of aromatic nitrogens is 2. The van der Waals surface area contributed by atoms with E-state index >= 15 is 0 Å². The van der Waals surface area contributed by atoms with Crippen LogP contribution >= 0.6 is 0 Å². The highest BCUT2D eigenvalue weighted by Gasteiger charge is 2.35. The maximum atomic E-state index is 13.6. The Kier molecular flexibility index (Phi) is 8.00. The smallest absolute Gasteiger partial charge is 0.259 e. The zero-order valence-electron chi connectivity index (χ0n) is 20.9. The van der Waals surface area contributed by atoms with E-state index in [1.165, 1.54) is 6.42 Å². The van der Waals surface area contributed by atoms with Crippen molar-refractivity contribution in [2.45, 2.75) is 58.1 Å². The van der Waals surface area contributed by atoms with Gasteiger partial charge in [-0.05, 0) is 43.5 Å². The standard InChI is InChI=1S/C27H36N4O4/c1-18-15-31(19(2)17-32)27(34)23-13-22(20-9-11-28-12-10-20)14-29-25(23)35-24(18)16-30(3)26(33)21-7-5-4-6-8-21/h9-14,18-19,21,24,32H,4-8,15-17H2,1-3H3/t18-,19-,24-/m1/s1. The molecule has 0 unspecified atom stereocenters. The van der Waals surface area contributed by atoms with Gasteiger partial charge in [-0.1, -0.05) is 26.2 Å². The lowest BCUT2D eigenvalue weighted by atomic mass is 9.88. The van der Waals surface area contributed by atoms with Gasteiger partial charge in [0.25, 0.3) is 5.91 Å². The number of pyridine rings is 2. The molecule has 0 spiro atoms. The minimum absolute atomic E-state index is 0.0654. The first-order chi connectivity index (χ1) is 16.9. The molecule has 8 nitrogen and oxygen atoms in total. The summed E-state index contributed by atoms with van der Waals surface area (Å²) in [5, 5.41) is 9.86. The second-order valence-corrected chi connectivity index (χ2v) is 9.99. The highest BCUT2D eigenvalue weighted by Crippen LogP contribution is 2.31. The van der Waals surface area contributed by atoms with E-state index in [4.69, 9.17) is 4.74 Å². The van der Waals surface area contributed by atoms with Gasteiger partial charge in [0.05, 0.1) is 19.2 Å². The third-order valence-corrected chi connectivity index (χ3v) is 7.32. The van der Waals surface area contributed by atoms with E-state index in [0.717, 1.165) is 36.8 Å². The predicted molar refractivity (Wildman–Crippen MR) is 133 cm³/mol. The van der Waals surface area contributed by atoms with Crippen LogP contribution in [-0.4, -0.2) is 75.6 Å². The van der Waals surface area contributed by atoms with E-state index in [1.54, 1.807) is 34.5 Å². The molecule has 0 saturated heterocycles. The van der Waals surface area contributed by atoms with Crippen LogP contribution in [0.5, 0.6) is 5.88 Å². The molecule has 2 aromatic heterocycles. The van der Waals surface area contributed by atoms with Crippen molar-refractivity contribution in [3.63, 3.8) is 0 Å². The molecule has 0 bridgehead atoms. The van der Waals surface area contributed by atoms with Gasteiger partial charge in [0.2, 0.25) is 11.8 Å². The van der Waals surface area contributed by atoms with Crippen LogP contribution in [0.15, 0.2) is 36.8 Å². The molecule has 1 saturated carbocycles. The number of rotatable bonds is 6. The Morgan fingerprint density at radius 1 is 1.23 bits per heavy atom. The predicted octanol–water partition coefficient (Wildman–Crippen LogP) is 3.40. The molecule has 2 aromatic rings. The Balaban J connectivity index is 1.64. The Labute approximate surface area is 207 Å². The van der Waals surface area contributed by atoms with Gasteiger partial charge >= 0.3 is 0 Å². The fraction of sp³-hybridized carbons (Fsp3) is 0.556. The van der Waals surface area contributed by atoms with Crippen LogP contribution in [0.3, 0.4) is 0 Å². The van der Waals surface area contributed by atoms with Crippen LogP contribution in [0, 0.1) is 11.8 Å². The Morgan fingerprint density at radius 3 is 2.63 bits per heavy atom. The van der Waals surface area contributed by atoms with Crippen LogP contribution in [0.25, 0.3) is 11.1 Å². The van der Waals surface area contributed by atoms with Crippen molar-refractivity contribution >= 4 is 11.8 Å². The molecule has 0 radical (unpaired) electrons. The first-order valence-electron chi connectivity index (χ1n) is 12.6. The normalized spacial score (nSPS) is 21.9. The molecule has 3 atom stereocenters. The number of hydrogen-bond acceptors (Lipinski definition) is 6. The molecule has 1 fully saturated rings. The number of carbonyl (C=O) groups excluding carboxylic acids is 2. The third-order valence-electron chi connectivity index (χ3n) is 7.32. The summed E-state index contributed by atoms with van der Waals surface area (Å²) in [5.74, 6) is 0.225. The summed E-state index contributed by atoms with van der Waals surface area (Å²) in [6, 6.07) is 5.16. The number of carbonyl (C=O) groups is 2. The van der Waals surface area contributed by atoms with Gasteiger partial charge < -0.3 is 19.6 Å². The van der Waals surface area contributed by atoms with Crippen molar-refractivity contribution < 1.29 is 19.4 Å². The number of nitrogens with zero attached hydrogens (tertiary/aromatic N) is 4. The summed E-state index contributed by atoms with van der Waals surface area (Å²) in [7, 11) is 1.84. The average Bonchev–Trinajstić information content (AvgIpc) is 2.90. The van der Waals surface area contributed by atoms with E-state index < -0.39 is 0 Å². The minimum Gasteiger partial charge on any atom is -0.472 e. The molecule has 2 aliphatic rings. The lowest BCUT2D eigenvalue weighted by molar-refractivity contribution is -0.136. The van der Waals surface area contributed by atoms with Gasteiger partial charge in [0.15, 0.2) is 0 Å². The van der Waals surface area contributed by atoms with Gasteiger partial charge in [-0.25, -0.2) is 4.98 Å². The fourth-order valence-corrected chi connectivity index (χ4v) is 5.04. The van der Waals surface area contributed by atoms with Crippen LogP contribution in [-0.2, 0) is 4.79 Å². The summed E-state index contributed by atoms with van der Waals surface area (Å²) < 4.78 is 6.35. The quantitative estimate of drug-likeness (QED) is 0.681. The van der Waals surface area contributed by atoms with Gasteiger partial charge in [0.1, 0.15) is 11.7 Å². The summed E-state index contributed by atoms with van der Waals surface area (Å²) in [5.41, 5.74) is 2.04. The zero-order valence-corrected chi connectivity index (χ0v) is 20.9. The van der Waals surface area contributed by atoms with E-state index in [-0.39, 0.29) is 48.3 Å². The van der Waals surface area contributed by atoms with E-state index in [9.17, 15) is 14.7 Å². The summed E-state index contributed by atoms with van der Waals surface area (Å²) in [6.45, 7) is 4.54. The molecule has 1 N–H and O–H groups in total. The van der Waals surface area contributed by atoms with E-state index in [0.29, 0.717) is 18.7 Å². The summed E-state index contributed by atoms with van der Waals surface area (Å²) in [4.78, 5) is 38.8. The van der Waals surface area contributed by atoms with E-state index in [2.05, 4.69) is 9.97 Å². The average molecular weight is 481 g/mol. The topological polar surface area (TPSA) is 95.9 Å². The van der Waals surface area contributed by atoms with Crippen molar-refractivity contribution in [3.8, 4) is 17.0 Å². The fourth-order valence-electron chi connectivity index (χ4n) is 5.04. The van der Waals surface area contributed by atoms with Gasteiger partial charge in [-0.2, -0.15) is 0 Å². The van der Waals surface area contributed by atoms with Gasteiger partial charge in [0, 0.05) is 49.6 Å². The molecular weight excluding hydrogens is 444 g/mol. The molecule has 2 amide bonds. The molecule has 188 valence electrons. The second kappa shape index (κ2) is 11.2. The second-order valence-electron chi connectivity index (χ2n) is 9.99. The maximum absolute atomic E-state index is 13.6. The third kappa shape index (κ3) is 5.64. The molecular formula is C27H36N4O4. The van der Waals surface area contributed by atoms with Gasteiger partial charge in [-0.3, -0.25) is 14.6 Å². The van der Waals surface area contributed by atoms with E-state index in [1.807, 2.05) is 33.0 Å². The number of aliphatic hydroxyl groups is 1. The lowest BCUT2D eigenvalue weighted by Crippen LogP contribution is -2.51. The van der Waals surface area contributed by atoms with Crippen molar-refractivity contribution in [2.24, 2.45) is 11.8 Å². The van der Waals surface area contributed by atoms with Crippen molar-refractivity contribution in [1.82, 2.24) is 19.8 Å². The minimum atomic E-state index is -0.359. The van der Waals surface area contributed by atoms with Crippen molar-refractivity contribution in [1.29, 1.82) is 0 Å². The molecule has 1 aliphatic carbocycles. The van der Waals surface area contributed by atoms with Crippen molar-refractivity contribution in [3.05, 3.63) is 42.4 Å². The number of amides is 2. The molecule has 3 heterocycles. The van der Waals surface area contributed by atoms with Crippen LogP contribution in [0.2, 0.25) is 0 Å². The molecule has 35 heavy (non-hydrogen) atoms. The van der Waals surface area contributed by atoms with Crippen LogP contribution in [0.4, 0.5) is 0 Å². The highest BCUT2D eigenvalue weighted by atomic mass is 16.5. The largest absolute Gasteiger partial charge is 0.472 e. The first-order valence-corrected chi connectivity index (χ1v) is 12.6. The van der Waals surface area contributed by atoms with Crippen molar-refractivity contribution in [2.75, 3.05) is 26.7 Å². The SMILES string of the molecule is C[C@@H]1CN([C@H](C)CO)C(=O)c2cc(-c3ccncc3)cnc2O[C@@H]1CN(C)C(=O)C1CCCCC1.